The Morgan fingerprint density at radius 1 is 0.941 bits per heavy atom. The standard InChI is InChI=1S/C25H25FN2O5S/c1-2-3-6-18-11-13-21(14-12-18)28-34(31,32)23-10-4-7-19(15-23)25(30)33-17-24(29)27-22-9-5-8-20(26)16-22/h4-5,7-16,28H,2-3,6,17H2,1H3,(H,27,29). The van der Waals surface area contributed by atoms with Crippen molar-refractivity contribution < 1.29 is 27.1 Å². The molecule has 3 rings (SSSR count). The summed E-state index contributed by atoms with van der Waals surface area (Å²) in [6.45, 7) is 1.49. The first kappa shape index (κ1) is 24.9. The zero-order chi connectivity index (χ0) is 24.6. The summed E-state index contributed by atoms with van der Waals surface area (Å²) in [6.07, 6.45) is 3.05. The van der Waals surface area contributed by atoms with E-state index in [0.29, 0.717) is 5.69 Å². The van der Waals surface area contributed by atoms with Crippen molar-refractivity contribution in [3.8, 4) is 0 Å². The zero-order valence-electron chi connectivity index (χ0n) is 18.6. The maximum atomic E-state index is 13.2. The number of carbonyl (C=O) groups is 2. The molecule has 34 heavy (non-hydrogen) atoms. The molecular formula is C25H25FN2O5S. The second kappa shape index (κ2) is 11.4. The van der Waals surface area contributed by atoms with Gasteiger partial charge in [0.25, 0.3) is 15.9 Å². The molecule has 0 bridgehead atoms. The minimum atomic E-state index is -3.95. The summed E-state index contributed by atoms with van der Waals surface area (Å²) >= 11 is 0. The van der Waals surface area contributed by atoms with E-state index in [2.05, 4.69) is 17.0 Å². The van der Waals surface area contributed by atoms with E-state index in [0.717, 1.165) is 30.9 Å². The van der Waals surface area contributed by atoms with Crippen LogP contribution < -0.4 is 10.0 Å². The lowest BCUT2D eigenvalue weighted by molar-refractivity contribution is -0.119. The quantitative estimate of drug-likeness (QED) is 0.404. The Morgan fingerprint density at radius 3 is 2.38 bits per heavy atom. The number of aryl methyl sites for hydroxylation is 1. The number of hydrogen-bond donors (Lipinski definition) is 2. The molecule has 0 saturated carbocycles. The first-order valence-electron chi connectivity index (χ1n) is 10.7. The van der Waals surface area contributed by atoms with Gasteiger partial charge in [0.15, 0.2) is 6.61 Å². The Bertz CT molecular complexity index is 1260. The minimum absolute atomic E-state index is 0.0312. The molecule has 0 unspecified atom stereocenters. The number of carbonyl (C=O) groups excluding carboxylic acids is 2. The highest BCUT2D eigenvalue weighted by Crippen LogP contribution is 2.19. The van der Waals surface area contributed by atoms with E-state index in [1.807, 2.05) is 12.1 Å². The van der Waals surface area contributed by atoms with Crippen molar-refractivity contribution in [1.82, 2.24) is 0 Å². The third-order valence-corrected chi connectivity index (χ3v) is 6.23. The summed E-state index contributed by atoms with van der Waals surface area (Å²) in [6, 6.07) is 17.7. The third kappa shape index (κ3) is 7.14. The number of anilines is 2. The van der Waals surface area contributed by atoms with Gasteiger partial charge < -0.3 is 10.1 Å². The lowest BCUT2D eigenvalue weighted by atomic mass is 10.1. The maximum absolute atomic E-state index is 13.2. The van der Waals surface area contributed by atoms with Gasteiger partial charge in [0.2, 0.25) is 0 Å². The number of unbranched alkanes of at least 4 members (excludes halogenated alkanes) is 1. The van der Waals surface area contributed by atoms with Gasteiger partial charge in [-0.05, 0) is 66.9 Å². The summed E-state index contributed by atoms with van der Waals surface area (Å²) in [5.74, 6) is -2.05. The highest BCUT2D eigenvalue weighted by molar-refractivity contribution is 7.92. The number of ether oxygens (including phenoxy) is 1. The van der Waals surface area contributed by atoms with Crippen molar-refractivity contribution >= 4 is 33.3 Å². The number of benzene rings is 3. The van der Waals surface area contributed by atoms with Gasteiger partial charge in [-0.2, -0.15) is 0 Å². The summed E-state index contributed by atoms with van der Waals surface area (Å²) in [5, 5.41) is 2.41. The smallest absolute Gasteiger partial charge is 0.338 e. The molecule has 7 nitrogen and oxygen atoms in total. The van der Waals surface area contributed by atoms with Gasteiger partial charge in [0.1, 0.15) is 5.82 Å². The fraction of sp³-hybridized carbons (Fsp3) is 0.200. The minimum Gasteiger partial charge on any atom is -0.452 e. The van der Waals surface area contributed by atoms with Gasteiger partial charge in [0, 0.05) is 11.4 Å². The van der Waals surface area contributed by atoms with Crippen molar-refractivity contribution in [2.75, 3.05) is 16.6 Å². The van der Waals surface area contributed by atoms with E-state index < -0.39 is 34.3 Å². The molecule has 1 amide bonds. The van der Waals surface area contributed by atoms with E-state index in [1.165, 1.54) is 42.5 Å². The number of amides is 1. The molecule has 0 aliphatic heterocycles. The second-order valence-corrected chi connectivity index (χ2v) is 9.25. The Kier molecular flexibility index (Phi) is 8.37. The first-order chi connectivity index (χ1) is 16.3. The summed E-state index contributed by atoms with van der Waals surface area (Å²) in [4.78, 5) is 24.2. The molecule has 2 N–H and O–H groups in total. The number of hydrogen-bond acceptors (Lipinski definition) is 5. The fourth-order valence-corrected chi connectivity index (χ4v) is 4.21. The van der Waals surface area contributed by atoms with Gasteiger partial charge in [-0.3, -0.25) is 9.52 Å². The van der Waals surface area contributed by atoms with Crippen molar-refractivity contribution in [3.63, 3.8) is 0 Å². The number of esters is 1. The topological polar surface area (TPSA) is 102 Å². The molecule has 0 aliphatic rings. The van der Waals surface area contributed by atoms with Crippen LogP contribution in [0.5, 0.6) is 0 Å². The van der Waals surface area contributed by atoms with E-state index in [1.54, 1.807) is 12.1 Å². The molecule has 178 valence electrons. The van der Waals surface area contributed by atoms with Gasteiger partial charge in [0.05, 0.1) is 10.5 Å². The normalized spacial score (nSPS) is 11.0. The van der Waals surface area contributed by atoms with Crippen LogP contribution in [0.3, 0.4) is 0 Å². The van der Waals surface area contributed by atoms with E-state index in [-0.39, 0.29) is 16.1 Å². The van der Waals surface area contributed by atoms with Crippen LogP contribution >= 0.6 is 0 Å². The van der Waals surface area contributed by atoms with Gasteiger partial charge >= 0.3 is 5.97 Å². The fourth-order valence-electron chi connectivity index (χ4n) is 3.10. The molecule has 0 aromatic heterocycles. The van der Waals surface area contributed by atoms with Gasteiger partial charge in [-0.25, -0.2) is 17.6 Å². The first-order valence-corrected chi connectivity index (χ1v) is 12.2. The highest BCUT2D eigenvalue weighted by atomic mass is 32.2. The van der Waals surface area contributed by atoms with Crippen LogP contribution in [-0.2, 0) is 26.0 Å². The molecule has 0 aliphatic carbocycles. The van der Waals surface area contributed by atoms with Gasteiger partial charge in [-0.15, -0.1) is 0 Å². The van der Waals surface area contributed by atoms with Crippen LogP contribution in [0, 0.1) is 5.82 Å². The maximum Gasteiger partial charge on any atom is 0.338 e. The summed E-state index contributed by atoms with van der Waals surface area (Å²) in [7, 11) is -3.95. The Balaban J connectivity index is 1.61. The molecule has 0 radical (unpaired) electrons. The molecule has 0 heterocycles. The number of nitrogens with one attached hydrogen (secondary N) is 2. The lowest BCUT2D eigenvalue weighted by Gasteiger charge is -2.10. The second-order valence-electron chi connectivity index (χ2n) is 7.57. The summed E-state index contributed by atoms with van der Waals surface area (Å²) in [5.41, 5.74) is 1.72. The predicted octanol–water partition coefficient (Wildman–Crippen LogP) is 4.76. The van der Waals surface area contributed by atoms with Crippen LogP contribution in [0.1, 0.15) is 35.7 Å². The molecule has 0 atom stereocenters. The van der Waals surface area contributed by atoms with E-state index in [9.17, 15) is 22.4 Å². The number of rotatable bonds is 10. The van der Waals surface area contributed by atoms with Crippen molar-refractivity contribution in [1.29, 1.82) is 0 Å². The van der Waals surface area contributed by atoms with Crippen LogP contribution in [0.2, 0.25) is 0 Å². The molecule has 0 fully saturated rings. The predicted molar refractivity (Wildman–Crippen MR) is 128 cm³/mol. The largest absolute Gasteiger partial charge is 0.452 e. The van der Waals surface area contributed by atoms with Crippen LogP contribution in [0.4, 0.5) is 15.8 Å². The monoisotopic (exact) mass is 484 g/mol. The molecular weight excluding hydrogens is 459 g/mol. The molecule has 3 aromatic rings. The zero-order valence-corrected chi connectivity index (χ0v) is 19.4. The number of sulfonamides is 1. The number of halogens is 1. The molecule has 0 spiro atoms. The molecule has 9 heteroatoms. The Hall–Kier alpha value is -3.72. The van der Waals surface area contributed by atoms with Crippen LogP contribution in [-0.4, -0.2) is 26.9 Å². The Morgan fingerprint density at radius 2 is 1.68 bits per heavy atom. The van der Waals surface area contributed by atoms with Crippen molar-refractivity contribution in [3.05, 3.63) is 89.7 Å². The molecule has 3 aromatic carbocycles. The SMILES string of the molecule is CCCCc1ccc(NS(=O)(=O)c2cccc(C(=O)OCC(=O)Nc3cccc(F)c3)c2)cc1. The van der Waals surface area contributed by atoms with E-state index >= 15 is 0 Å². The van der Waals surface area contributed by atoms with Crippen LogP contribution in [0.15, 0.2) is 77.7 Å². The Labute approximate surface area is 198 Å². The summed E-state index contributed by atoms with van der Waals surface area (Å²) < 4.78 is 46.2. The average molecular weight is 485 g/mol. The molecule has 0 saturated heterocycles. The van der Waals surface area contributed by atoms with Gasteiger partial charge in [-0.1, -0.05) is 37.6 Å². The lowest BCUT2D eigenvalue weighted by Crippen LogP contribution is -2.21. The highest BCUT2D eigenvalue weighted by Gasteiger charge is 2.18. The van der Waals surface area contributed by atoms with Crippen molar-refractivity contribution in [2.45, 2.75) is 31.1 Å². The van der Waals surface area contributed by atoms with E-state index in [4.69, 9.17) is 4.74 Å². The average Bonchev–Trinajstić information content (AvgIpc) is 2.82. The van der Waals surface area contributed by atoms with Crippen LogP contribution in [0.25, 0.3) is 0 Å². The van der Waals surface area contributed by atoms with Crippen molar-refractivity contribution in [2.24, 2.45) is 0 Å². The third-order valence-electron chi connectivity index (χ3n) is 4.85.